The highest BCUT2D eigenvalue weighted by Gasteiger charge is 2.33. The third-order valence-electron chi connectivity index (χ3n) is 4.66. The molecule has 5 amide bonds. The van der Waals surface area contributed by atoms with Gasteiger partial charge in [0.05, 0.1) is 13.0 Å². The summed E-state index contributed by atoms with van der Waals surface area (Å²) in [7, 11) is 0. The number of carbonyl (C=O) groups is 6. The summed E-state index contributed by atoms with van der Waals surface area (Å²) in [4.78, 5) is 71.0. The van der Waals surface area contributed by atoms with Crippen LogP contribution < -0.4 is 33.2 Å². The van der Waals surface area contributed by atoms with Gasteiger partial charge in [-0.3, -0.25) is 24.0 Å². The first-order valence-corrected chi connectivity index (χ1v) is 9.90. The van der Waals surface area contributed by atoms with Gasteiger partial charge < -0.3 is 43.4 Å². The second-order valence-corrected chi connectivity index (χ2v) is 7.30. The van der Waals surface area contributed by atoms with E-state index in [1.54, 1.807) is 13.8 Å². The zero-order valence-electron chi connectivity index (χ0n) is 18.0. The molecule has 0 radical (unpaired) electrons. The van der Waals surface area contributed by atoms with Crippen molar-refractivity contribution >= 4 is 35.5 Å². The van der Waals surface area contributed by atoms with Gasteiger partial charge in [0.2, 0.25) is 29.5 Å². The van der Waals surface area contributed by atoms with E-state index in [0.29, 0.717) is 6.42 Å². The van der Waals surface area contributed by atoms with Crippen LogP contribution in [0.4, 0.5) is 0 Å². The van der Waals surface area contributed by atoms with Gasteiger partial charge in [-0.15, -0.1) is 0 Å². The molecule has 5 unspecified atom stereocenters. The van der Waals surface area contributed by atoms with Crippen molar-refractivity contribution in [3.63, 3.8) is 0 Å². The Morgan fingerprint density at radius 2 is 1.44 bits per heavy atom. The Bertz CT molecular complexity index is 716. The van der Waals surface area contributed by atoms with Gasteiger partial charge in [0.25, 0.3) is 0 Å². The van der Waals surface area contributed by atoms with E-state index in [2.05, 4.69) is 16.0 Å². The van der Waals surface area contributed by atoms with E-state index >= 15 is 0 Å². The maximum absolute atomic E-state index is 12.8. The van der Waals surface area contributed by atoms with Crippen molar-refractivity contribution in [1.82, 2.24) is 16.0 Å². The molecule has 14 nitrogen and oxygen atoms in total. The van der Waals surface area contributed by atoms with Crippen LogP contribution in [0.3, 0.4) is 0 Å². The summed E-state index contributed by atoms with van der Waals surface area (Å²) >= 11 is 0. The van der Waals surface area contributed by atoms with Crippen LogP contribution in [0.25, 0.3) is 0 Å². The minimum Gasteiger partial charge on any atom is -0.480 e. The molecule has 0 saturated heterocycles. The summed E-state index contributed by atoms with van der Waals surface area (Å²) in [5.74, 6) is -6.29. The largest absolute Gasteiger partial charge is 0.480 e. The van der Waals surface area contributed by atoms with E-state index < -0.39 is 78.6 Å². The average molecular weight is 460 g/mol. The van der Waals surface area contributed by atoms with E-state index in [0.717, 1.165) is 0 Å². The topological polar surface area (TPSA) is 257 Å². The number of carboxylic acids is 1. The molecule has 0 aliphatic heterocycles. The molecule has 0 heterocycles. The lowest BCUT2D eigenvalue weighted by Crippen LogP contribution is -2.59. The molecule has 11 N–H and O–H groups in total. The van der Waals surface area contributed by atoms with Gasteiger partial charge in [0.1, 0.15) is 24.2 Å². The van der Waals surface area contributed by atoms with Crippen molar-refractivity contribution in [3.8, 4) is 0 Å². The summed E-state index contributed by atoms with van der Waals surface area (Å²) in [6.45, 7) is 2.73. The molecule has 0 spiro atoms. The second kappa shape index (κ2) is 13.9. The lowest BCUT2D eigenvalue weighted by Gasteiger charge is -2.27. The monoisotopic (exact) mass is 460 g/mol. The van der Waals surface area contributed by atoms with Crippen LogP contribution in [-0.2, 0) is 28.8 Å². The number of hydrogen-bond acceptors (Lipinski definition) is 8. The highest BCUT2D eigenvalue weighted by Crippen LogP contribution is 2.09. The van der Waals surface area contributed by atoms with Crippen molar-refractivity contribution in [2.24, 2.45) is 23.1 Å². The molecule has 0 saturated carbocycles. The van der Waals surface area contributed by atoms with Gasteiger partial charge in [-0.1, -0.05) is 20.3 Å². The summed E-state index contributed by atoms with van der Waals surface area (Å²) in [6, 6.07) is -5.50. The van der Waals surface area contributed by atoms with E-state index in [9.17, 15) is 33.9 Å². The van der Waals surface area contributed by atoms with Gasteiger partial charge in [-0.05, 0) is 12.3 Å². The lowest BCUT2D eigenvalue weighted by atomic mass is 9.97. The van der Waals surface area contributed by atoms with Crippen molar-refractivity contribution in [3.05, 3.63) is 0 Å². The molecule has 0 aliphatic rings. The number of carbonyl (C=O) groups excluding carboxylic acids is 5. The number of aliphatic hydroxyl groups excluding tert-OH is 1. The van der Waals surface area contributed by atoms with Crippen LogP contribution in [-0.4, -0.2) is 76.5 Å². The number of aliphatic hydroxyl groups is 1. The Hall–Kier alpha value is -3.26. The van der Waals surface area contributed by atoms with E-state index in [1.807, 2.05) is 0 Å². The lowest BCUT2D eigenvalue weighted by molar-refractivity contribution is -0.142. The first-order valence-electron chi connectivity index (χ1n) is 9.90. The molecule has 32 heavy (non-hydrogen) atoms. The summed E-state index contributed by atoms with van der Waals surface area (Å²) in [5, 5.41) is 25.0. The molecule has 14 heteroatoms. The van der Waals surface area contributed by atoms with Crippen molar-refractivity contribution in [2.45, 2.75) is 63.7 Å². The molecular formula is C18H32N6O8. The highest BCUT2D eigenvalue weighted by atomic mass is 16.4. The summed E-state index contributed by atoms with van der Waals surface area (Å²) in [5.41, 5.74) is 15.6. The third-order valence-corrected chi connectivity index (χ3v) is 4.66. The number of primary amides is 2. The molecular weight excluding hydrogens is 428 g/mol. The Labute approximate surface area is 184 Å². The quantitative estimate of drug-likeness (QED) is 0.118. The molecule has 182 valence electrons. The van der Waals surface area contributed by atoms with Crippen molar-refractivity contribution in [1.29, 1.82) is 0 Å². The molecule has 0 bridgehead atoms. The standard InChI is InChI=1S/C18H32N6O8/c1-3-8(2)14(24-15(28)9(19)7-25)17(30)23-11(6-13(21)27)16(29)22-10(18(31)32)4-5-12(20)26/h8-11,14,25H,3-7,19H2,1-2H3,(H2,20,26)(H2,21,27)(H,22,29)(H,23,30)(H,24,28)(H,31,32). The number of nitrogens with one attached hydrogen (secondary N) is 3. The maximum Gasteiger partial charge on any atom is 0.326 e. The van der Waals surface area contributed by atoms with Gasteiger partial charge in [0, 0.05) is 6.42 Å². The SMILES string of the molecule is CCC(C)C(NC(=O)C(N)CO)C(=O)NC(CC(N)=O)C(=O)NC(CCC(N)=O)C(=O)O. The molecule has 0 aromatic heterocycles. The zero-order valence-corrected chi connectivity index (χ0v) is 18.0. The van der Waals surface area contributed by atoms with Crippen LogP contribution in [0, 0.1) is 5.92 Å². The van der Waals surface area contributed by atoms with Gasteiger partial charge >= 0.3 is 5.97 Å². The first kappa shape index (κ1) is 28.7. The van der Waals surface area contributed by atoms with Gasteiger partial charge in [-0.2, -0.15) is 0 Å². The van der Waals surface area contributed by atoms with Crippen LogP contribution in [0.15, 0.2) is 0 Å². The molecule has 0 fully saturated rings. The van der Waals surface area contributed by atoms with Crippen LogP contribution >= 0.6 is 0 Å². The molecule has 0 aromatic rings. The number of amides is 5. The van der Waals surface area contributed by atoms with Gasteiger partial charge in [0.15, 0.2) is 0 Å². The highest BCUT2D eigenvalue weighted by molar-refractivity contribution is 5.96. The van der Waals surface area contributed by atoms with Crippen molar-refractivity contribution < 1.29 is 39.0 Å². The van der Waals surface area contributed by atoms with Crippen LogP contribution in [0.2, 0.25) is 0 Å². The van der Waals surface area contributed by atoms with Crippen LogP contribution in [0.5, 0.6) is 0 Å². The average Bonchev–Trinajstić information content (AvgIpc) is 2.71. The smallest absolute Gasteiger partial charge is 0.326 e. The molecule has 0 rings (SSSR count). The maximum atomic E-state index is 12.8. The summed E-state index contributed by atoms with van der Waals surface area (Å²) < 4.78 is 0. The second-order valence-electron chi connectivity index (χ2n) is 7.30. The fraction of sp³-hybridized carbons (Fsp3) is 0.667. The van der Waals surface area contributed by atoms with Crippen LogP contribution in [0.1, 0.15) is 39.5 Å². The van der Waals surface area contributed by atoms with E-state index in [4.69, 9.17) is 22.3 Å². The Morgan fingerprint density at radius 3 is 1.88 bits per heavy atom. The van der Waals surface area contributed by atoms with E-state index in [1.165, 1.54) is 0 Å². The Balaban J connectivity index is 5.54. The fourth-order valence-corrected chi connectivity index (χ4v) is 2.53. The van der Waals surface area contributed by atoms with E-state index in [-0.39, 0.29) is 12.8 Å². The first-order chi connectivity index (χ1) is 14.8. The zero-order chi connectivity index (χ0) is 25.0. The molecule has 5 atom stereocenters. The minimum atomic E-state index is -1.55. The molecule has 0 aliphatic carbocycles. The predicted molar refractivity (Wildman–Crippen MR) is 110 cm³/mol. The minimum absolute atomic E-state index is 0.307. The number of nitrogens with two attached hydrogens (primary N) is 3. The number of aliphatic carboxylic acids is 1. The normalized spacial score (nSPS) is 15.4. The third kappa shape index (κ3) is 10.2. The summed E-state index contributed by atoms with van der Waals surface area (Å²) in [6.07, 6.45) is -0.847. The fourth-order valence-electron chi connectivity index (χ4n) is 2.53. The number of rotatable bonds is 15. The van der Waals surface area contributed by atoms with Gasteiger partial charge in [-0.25, -0.2) is 4.79 Å². The predicted octanol–water partition coefficient (Wildman–Crippen LogP) is -3.97. The number of hydrogen-bond donors (Lipinski definition) is 8. The Morgan fingerprint density at radius 1 is 0.875 bits per heavy atom. The molecule has 0 aromatic carbocycles. The Kier molecular flexibility index (Phi) is 12.5. The number of carboxylic acid groups (broad SMARTS) is 1. The van der Waals surface area contributed by atoms with Crippen molar-refractivity contribution in [2.75, 3.05) is 6.61 Å².